The average Bonchev–Trinajstić information content (AvgIpc) is 2.26. The molecular formula is C14H16O6. The van der Waals surface area contributed by atoms with Gasteiger partial charge in [-0.3, -0.25) is 14.4 Å². The first-order chi connectivity index (χ1) is 9.16. The third-order valence-electron chi connectivity index (χ3n) is 2.82. The van der Waals surface area contributed by atoms with E-state index < -0.39 is 35.1 Å². The van der Waals surface area contributed by atoms with Crippen LogP contribution < -0.4 is 0 Å². The van der Waals surface area contributed by atoms with E-state index in [1.165, 1.54) is 27.7 Å². The molecule has 6 nitrogen and oxygen atoms in total. The van der Waals surface area contributed by atoms with Crippen molar-refractivity contribution in [3.8, 4) is 11.5 Å². The van der Waals surface area contributed by atoms with Crippen LogP contribution in [0.25, 0.3) is 0 Å². The van der Waals surface area contributed by atoms with Crippen LogP contribution in [-0.2, 0) is 9.53 Å². The third kappa shape index (κ3) is 2.96. The number of phenolic OH excluding ortho intramolecular Hbond substituents is 2. The molecule has 6 heteroatoms. The van der Waals surface area contributed by atoms with Crippen LogP contribution in [0.4, 0.5) is 0 Å². The minimum absolute atomic E-state index is 0.109. The molecule has 1 aromatic rings. The highest BCUT2D eigenvalue weighted by molar-refractivity contribution is 6.04. The van der Waals surface area contributed by atoms with Gasteiger partial charge in [0.1, 0.15) is 17.6 Å². The quantitative estimate of drug-likeness (QED) is 0.647. The number of carbonyl (C=O) groups is 3. The largest absolute Gasteiger partial charge is 0.507 e. The Morgan fingerprint density at radius 3 is 1.70 bits per heavy atom. The molecule has 0 aliphatic rings. The SMILES string of the molecule is CC(=O)OC(C)c1c(O)c(C(C)=O)cc(C(C)=O)c1O. The molecule has 2 N–H and O–H groups in total. The number of aromatic hydroxyl groups is 2. The van der Waals surface area contributed by atoms with Crippen LogP contribution >= 0.6 is 0 Å². The molecule has 0 spiro atoms. The summed E-state index contributed by atoms with van der Waals surface area (Å²) in [6.45, 7) is 5.03. The van der Waals surface area contributed by atoms with E-state index >= 15 is 0 Å². The fourth-order valence-electron chi connectivity index (χ4n) is 1.91. The third-order valence-corrected chi connectivity index (χ3v) is 2.82. The molecule has 0 radical (unpaired) electrons. The Morgan fingerprint density at radius 1 is 1.00 bits per heavy atom. The van der Waals surface area contributed by atoms with E-state index in [-0.39, 0.29) is 16.7 Å². The fourth-order valence-corrected chi connectivity index (χ4v) is 1.91. The summed E-state index contributed by atoms with van der Waals surface area (Å²) < 4.78 is 4.89. The van der Waals surface area contributed by atoms with Gasteiger partial charge in [-0.2, -0.15) is 0 Å². The number of esters is 1. The highest BCUT2D eigenvalue weighted by atomic mass is 16.5. The molecule has 1 aromatic carbocycles. The fraction of sp³-hybridized carbons (Fsp3) is 0.357. The summed E-state index contributed by atoms with van der Waals surface area (Å²) in [6.07, 6.45) is -0.995. The highest BCUT2D eigenvalue weighted by Crippen LogP contribution is 2.40. The van der Waals surface area contributed by atoms with Crippen molar-refractivity contribution >= 4 is 17.5 Å². The zero-order valence-electron chi connectivity index (χ0n) is 11.7. The van der Waals surface area contributed by atoms with Crippen LogP contribution in [0.15, 0.2) is 6.07 Å². The van der Waals surface area contributed by atoms with Crippen molar-refractivity contribution in [2.24, 2.45) is 0 Å². The highest BCUT2D eigenvalue weighted by Gasteiger charge is 2.26. The van der Waals surface area contributed by atoms with E-state index in [4.69, 9.17) is 4.74 Å². The maximum absolute atomic E-state index is 11.5. The van der Waals surface area contributed by atoms with Gasteiger partial charge in [0.15, 0.2) is 11.6 Å². The zero-order valence-corrected chi connectivity index (χ0v) is 11.7. The van der Waals surface area contributed by atoms with E-state index in [0.29, 0.717) is 0 Å². The van der Waals surface area contributed by atoms with Crippen LogP contribution in [0, 0.1) is 0 Å². The van der Waals surface area contributed by atoms with Gasteiger partial charge in [0.25, 0.3) is 0 Å². The number of hydrogen-bond acceptors (Lipinski definition) is 6. The topological polar surface area (TPSA) is 101 Å². The number of rotatable bonds is 4. The first-order valence-corrected chi connectivity index (χ1v) is 5.94. The van der Waals surface area contributed by atoms with Crippen molar-refractivity contribution in [2.45, 2.75) is 33.8 Å². The van der Waals surface area contributed by atoms with E-state index in [1.54, 1.807) is 0 Å². The molecule has 0 bridgehead atoms. The van der Waals surface area contributed by atoms with Gasteiger partial charge in [-0.05, 0) is 26.8 Å². The maximum Gasteiger partial charge on any atom is 0.303 e. The zero-order chi connectivity index (χ0) is 15.6. The summed E-state index contributed by atoms with van der Waals surface area (Å²) in [6, 6.07) is 1.12. The van der Waals surface area contributed by atoms with Crippen molar-refractivity contribution < 1.29 is 29.3 Å². The number of phenols is 2. The van der Waals surface area contributed by atoms with Crippen molar-refractivity contribution in [1.82, 2.24) is 0 Å². The van der Waals surface area contributed by atoms with Gasteiger partial charge in [-0.15, -0.1) is 0 Å². The van der Waals surface area contributed by atoms with Gasteiger partial charge in [0, 0.05) is 6.92 Å². The van der Waals surface area contributed by atoms with Gasteiger partial charge in [-0.1, -0.05) is 0 Å². The molecule has 1 atom stereocenters. The number of carbonyl (C=O) groups excluding carboxylic acids is 3. The van der Waals surface area contributed by atoms with Gasteiger partial charge >= 0.3 is 5.97 Å². The summed E-state index contributed by atoms with van der Waals surface area (Å²) in [5, 5.41) is 20.1. The number of Topliss-reactive ketones (excluding diaryl/α,β-unsaturated/α-hetero) is 2. The second kappa shape index (κ2) is 5.73. The van der Waals surface area contributed by atoms with Gasteiger partial charge in [-0.25, -0.2) is 0 Å². The summed E-state index contributed by atoms with van der Waals surface area (Å²) in [4.78, 5) is 33.9. The molecule has 0 fully saturated rings. The Bertz CT molecular complexity index is 550. The smallest absolute Gasteiger partial charge is 0.303 e. The second-order valence-electron chi connectivity index (χ2n) is 4.45. The molecule has 108 valence electrons. The Kier molecular flexibility index (Phi) is 4.49. The number of ether oxygens (including phenoxy) is 1. The minimum atomic E-state index is -0.995. The number of hydrogen-bond donors (Lipinski definition) is 2. The second-order valence-corrected chi connectivity index (χ2v) is 4.45. The van der Waals surface area contributed by atoms with Crippen molar-refractivity contribution in [3.05, 3.63) is 22.8 Å². The minimum Gasteiger partial charge on any atom is -0.507 e. The molecule has 0 aromatic heterocycles. The van der Waals surface area contributed by atoms with Crippen LogP contribution in [0.5, 0.6) is 11.5 Å². The first-order valence-electron chi connectivity index (χ1n) is 5.94. The van der Waals surface area contributed by atoms with Crippen molar-refractivity contribution in [2.75, 3.05) is 0 Å². The number of benzene rings is 1. The lowest BCUT2D eigenvalue weighted by molar-refractivity contribution is -0.145. The molecule has 1 unspecified atom stereocenters. The van der Waals surface area contributed by atoms with Crippen LogP contribution in [0.2, 0.25) is 0 Å². The molecule has 1 rings (SSSR count). The Hall–Kier alpha value is -2.37. The van der Waals surface area contributed by atoms with E-state index in [1.807, 2.05) is 0 Å². The summed E-state index contributed by atoms with van der Waals surface area (Å²) >= 11 is 0. The summed E-state index contributed by atoms with van der Waals surface area (Å²) in [5.41, 5.74) is -0.373. The van der Waals surface area contributed by atoms with Gasteiger partial charge in [0.05, 0.1) is 16.7 Å². The molecule has 0 saturated heterocycles. The summed E-state index contributed by atoms with van der Waals surface area (Å²) in [7, 11) is 0. The Balaban J connectivity index is 3.59. The molecular weight excluding hydrogens is 264 g/mol. The van der Waals surface area contributed by atoms with Crippen LogP contribution in [0.3, 0.4) is 0 Å². The standard InChI is InChI=1S/C14H16O6/c1-6(15)10-5-11(7(2)16)14(19)12(13(10)18)8(3)20-9(4)17/h5,8,18-19H,1-4H3. The van der Waals surface area contributed by atoms with Crippen molar-refractivity contribution in [3.63, 3.8) is 0 Å². The molecule has 0 heterocycles. The number of ketones is 2. The molecule has 0 saturated carbocycles. The van der Waals surface area contributed by atoms with Crippen molar-refractivity contribution in [1.29, 1.82) is 0 Å². The Morgan fingerprint density at radius 2 is 1.40 bits per heavy atom. The monoisotopic (exact) mass is 280 g/mol. The lowest BCUT2D eigenvalue weighted by Gasteiger charge is -2.18. The predicted molar refractivity (Wildman–Crippen MR) is 70.0 cm³/mol. The van der Waals surface area contributed by atoms with E-state index in [9.17, 15) is 24.6 Å². The summed E-state index contributed by atoms with van der Waals surface area (Å²) in [5.74, 6) is -2.54. The normalized spacial score (nSPS) is 11.8. The van der Waals surface area contributed by atoms with Crippen LogP contribution in [-0.4, -0.2) is 27.7 Å². The molecule has 0 aliphatic carbocycles. The molecule has 20 heavy (non-hydrogen) atoms. The average molecular weight is 280 g/mol. The molecule has 0 amide bonds. The first kappa shape index (κ1) is 15.7. The lowest BCUT2D eigenvalue weighted by Crippen LogP contribution is -2.09. The van der Waals surface area contributed by atoms with E-state index in [2.05, 4.69) is 0 Å². The van der Waals surface area contributed by atoms with Gasteiger partial charge < -0.3 is 14.9 Å². The lowest BCUT2D eigenvalue weighted by atomic mass is 9.95. The Labute approximate surface area is 116 Å². The van der Waals surface area contributed by atoms with Gasteiger partial charge in [0.2, 0.25) is 0 Å². The maximum atomic E-state index is 11.5. The van der Waals surface area contributed by atoms with Crippen LogP contribution in [0.1, 0.15) is 60.1 Å². The molecule has 0 aliphatic heterocycles. The van der Waals surface area contributed by atoms with E-state index in [0.717, 1.165) is 6.07 Å². The predicted octanol–water partition coefficient (Wildman–Crippen LogP) is 2.13.